The van der Waals surface area contributed by atoms with Crippen LogP contribution < -0.4 is 16.4 Å². The zero-order chi connectivity index (χ0) is 11.8. The molecule has 1 unspecified atom stereocenters. The van der Waals surface area contributed by atoms with Gasteiger partial charge in [-0.1, -0.05) is 18.2 Å². The van der Waals surface area contributed by atoms with Gasteiger partial charge in [0.1, 0.15) is 5.54 Å². The van der Waals surface area contributed by atoms with Crippen LogP contribution in [0.4, 0.5) is 5.69 Å². The Balaban J connectivity index is 2.33. The molecule has 84 valence electrons. The molecule has 5 nitrogen and oxygen atoms in total. The molecule has 0 fully saturated rings. The van der Waals surface area contributed by atoms with Crippen LogP contribution >= 0.6 is 0 Å². The Bertz CT molecular complexity index is 458. The van der Waals surface area contributed by atoms with Crippen molar-refractivity contribution in [3.05, 3.63) is 29.8 Å². The Morgan fingerprint density at radius 3 is 2.88 bits per heavy atom. The molecule has 0 bridgehead atoms. The predicted octanol–water partition coefficient (Wildman–Crippen LogP) is -0.0712. The van der Waals surface area contributed by atoms with Gasteiger partial charge >= 0.3 is 0 Å². The van der Waals surface area contributed by atoms with E-state index in [0.717, 1.165) is 11.3 Å². The Morgan fingerprint density at radius 1 is 1.50 bits per heavy atom. The van der Waals surface area contributed by atoms with Gasteiger partial charge in [0.2, 0.25) is 11.8 Å². The number of primary amides is 1. The second-order valence-electron chi connectivity index (χ2n) is 3.94. The van der Waals surface area contributed by atoms with Crippen molar-refractivity contribution < 1.29 is 9.59 Å². The average molecular weight is 219 g/mol. The molecule has 0 saturated carbocycles. The van der Waals surface area contributed by atoms with Crippen LogP contribution in [0, 0.1) is 0 Å². The zero-order valence-corrected chi connectivity index (χ0v) is 8.91. The molecule has 0 spiro atoms. The number of para-hydroxylation sites is 1. The van der Waals surface area contributed by atoms with Crippen molar-refractivity contribution in [2.75, 3.05) is 11.9 Å². The third-order valence-corrected chi connectivity index (χ3v) is 2.78. The second kappa shape index (κ2) is 3.61. The molecule has 1 heterocycles. The van der Waals surface area contributed by atoms with Crippen LogP contribution in [0.15, 0.2) is 24.3 Å². The van der Waals surface area contributed by atoms with E-state index in [2.05, 4.69) is 10.6 Å². The Labute approximate surface area is 93.0 Å². The Hall–Kier alpha value is -1.88. The zero-order valence-electron chi connectivity index (χ0n) is 8.91. The maximum atomic E-state index is 11.8. The highest BCUT2D eigenvalue weighted by Crippen LogP contribution is 2.34. The first kappa shape index (κ1) is 10.6. The van der Waals surface area contributed by atoms with E-state index in [9.17, 15) is 9.59 Å². The van der Waals surface area contributed by atoms with Crippen LogP contribution in [-0.4, -0.2) is 18.4 Å². The molecule has 4 N–H and O–H groups in total. The number of nitrogens with one attached hydrogen (secondary N) is 2. The van der Waals surface area contributed by atoms with Gasteiger partial charge in [0, 0.05) is 11.3 Å². The van der Waals surface area contributed by atoms with Gasteiger partial charge in [-0.25, -0.2) is 0 Å². The summed E-state index contributed by atoms with van der Waals surface area (Å²) in [5.74, 6) is -0.659. The van der Waals surface area contributed by atoms with Crippen LogP contribution in [0.3, 0.4) is 0 Å². The molecule has 0 aliphatic carbocycles. The van der Waals surface area contributed by atoms with Crippen molar-refractivity contribution in [3.63, 3.8) is 0 Å². The number of carbonyl (C=O) groups is 2. The molecule has 1 aliphatic heterocycles. The van der Waals surface area contributed by atoms with Crippen LogP contribution in [-0.2, 0) is 15.1 Å². The van der Waals surface area contributed by atoms with E-state index in [1.54, 1.807) is 6.92 Å². The number of amides is 2. The first-order chi connectivity index (χ1) is 7.54. The Morgan fingerprint density at radius 2 is 2.19 bits per heavy atom. The minimum atomic E-state index is -0.883. The molecule has 16 heavy (non-hydrogen) atoms. The summed E-state index contributed by atoms with van der Waals surface area (Å²) in [4.78, 5) is 22.6. The fraction of sp³-hybridized carbons (Fsp3) is 0.273. The first-order valence-electron chi connectivity index (χ1n) is 4.98. The maximum Gasteiger partial charge on any atom is 0.249 e. The minimum Gasteiger partial charge on any atom is -0.369 e. The number of anilines is 1. The number of hydrogen-bond acceptors (Lipinski definition) is 3. The van der Waals surface area contributed by atoms with Crippen molar-refractivity contribution in [3.8, 4) is 0 Å². The van der Waals surface area contributed by atoms with Gasteiger partial charge in [-0.2, -0.15) is 0 Å². The maximum absolute atomic E-state index is 11.8. The van der Waals surface area contributed by atoms with E-state index in [4.69, 9.17) is 5.73 Å². The van der Waals surface area contributed by atoms with Crippen molar-refractivity contribution in [1.29, 1.82) is 0 Å². The van der Waals surface area contributed by atoms with Gasteiger partial charge in [-0.05, 0) is 13.0 Å². The van der Waals surface area contributed by atoms with Crippen molar-refractivity contribution in [2.45, 2.75) is 12.5 Å². The number of carbonyl (C=O) groups excluding carboxylic acids is 2. The van der Waals surface area contributed by atoms with Crippen molar-refractivity contribution in [2.24, 2.45) is 5.73 Å². The summed E-state index contributed by atoms with van der Waals surface area (Å²) in [5.41, 5.74) is 5.78. The number of fused-ring (bicyclic) bond motifs is 1. The standard InChI is InChI=1S/C11H13N3O2/c1-11(13-6-9(12)15)7-4-2-3-5-8(7)14-10(11)16/h2-5,13H,6H2,1H3,(H2,12,15)(H,14,16). The molecular weight excluding hydrogens is 206 g/mol. The van der Waals surface area contributed by atoms with E-state index >= 15 is 0 Å². The highest BCUT2D eigenvalue weighted by atomic mass is 16.2. The SMILES string of the molecule is CC1(NCC(N)=O)C(=O)Nc2ccccc21. The molecule has 0 aromatic heterocycles. The molecule has 5 heteroatoms. The van der Waals surface area contributed by atoms with Gasteiger partial charge in [0.15, 0.2) is 0 Å². The number of rotatable bonds is 3. The quantitative estimate of drug-likeness (QED) is 0.665. The first-order valence-corrected chi connectivity index (χ1v) is 4.98. The molecular formula is C11H13N3O2. The van der Waals surface area contributed by atoms with Gasteiger partial charge in [0.25, 0.3) is 0 Å². The number of benzene rings is 1. The van der Waals surface area contributed by atoms with E-state index in [1.807, 2.05) is 24.3 Å². The van der Waals surface area contributed by atoms with Crippen LogP contribution in [0.5, 0.6) is 0 Å². The summed E-state index contributed by atoms with van der Waals surface area (Å²) in [5, 5.41) is 5.63. The van der Waals surface area contributed by atoms with Gasteiger partial charge < -0.3 is 11.1 Å². The highest BCUT2D eigenvalue weighted by Gasteiger charge is 2.42. The van der Waals surface area contributed by atoms with Crippen molar-refractivity contribution >= 4 is 17.5 Å². The van der Waals surface area contributed by atoms with Gasteiger partial charge in [-0.15, -0.1) is 0 Å². The molecule has 2 amide bonds. The van der Waals surface area contributed by atoms with Crippen LogP contribution in [0.2, 0.25) is 0 Å². The van der Waals surface area contributed by atoms with E-state index < -0.39 is 11.4 Å². The molecule has 1 aliphatic rings. The molecule has 2 rings (SSSR count). The van der Waals surface area contributed by atoms with Crippen molar-refractivity contribution in [1.82, 2.24) is 5.32 Å². The monoisotopic (exact) mass is 219 g/mol. The highest BCUT2D eigenvalue weighted by molar-refractivity contribution is 6.05. The predicted molar refractivity (Wildman–Crippen MR) is 59.6 cm³/mol. The second-order valence-corrected chi connectivity index (χ2v) is 3.94. The van der Waals surface area contributed by atoms with Gasteiger partial charge in [-0.3, -0.25) is 14.9 Å². The smallest absolute Gasteiger partial charge is 0.249 e. The van der Waals surface area contributed by atoms with E-state index in [1.165, 1.54) is 0 Å². The lowest BCUT2D eigenvalue weighted by atomic mass is 9.93. The Kier molecular flexibility index (Phi) is 2.40. The molecule has 1 atom stereocenters. The summed E-state index contributed by atoms with van der Waals surface area (Å²) >= 11 is 0. The molecule has 1 aromatic carbocycles. The fourth-order valence-corrected chi connectivity index (χ4v) is 1.84. The fourth-order valence-electron chi connectivity index (χ4n) is 1.84. The summed E-state index contributed by atoms with van der Waals surface area (Å²) in [7, 11) is 0. The molecule has 0 saturated heterocycles. The lowest BCUT2D eigenvalue weighted by Crippen LogP contribution is -2.48. The molecule has 0 radical (unpaired) electrons. The number of hydrogen-bond donors (Lipinski definition) is 3. The largest absolute Gasteiger partial charge is 0.369 e. The average Bonchev–Trinajstić information content (AvgIpc) is 2.50. The normalized spacial score (nSPS) is 22.7. The lowest BCUT2D eigenvalue weighted by molar-refractivity contribution is -0.122. The number of nitrogens with two attached hydrogens (primary N) is 1. The van der Waals surface area contributed by atoms with Crippen LogP contribution in [0.25, 0.3) is 0 Å². The van der Waals surface area contributed by atoms with Crippen LogP contribution in [0.1, 0.15) is 12.5 Å². The summed E-state index contributed by atoms with van der Waals surface area (Å²) < 4.78 is 0. The summed E-state index contributed by atoms with van der Waals surface area (Å²) in [6.07, 6.45) is 0. The third kappa shape index (κ3) is 1.55. The minimum absolute atomic E-state index is 0.0295. The third-order valence-electron chi connectivity index (χ3n) is 2.78. The van der Waals surface area contributed by atoms with Gasteiger partial charge in [0.05, 0.1) is 6.54 Å². The summed E-state index contributed by atoms with van der Waals surface area (Å²) in [6.45, 7) is 1.70. The lowest BCUT2D eigenvalue weighted by Gasteiger charge is -2.23. The topological polar surface area (TPSA) is 84.2 Å². The van der Waals surface area contributed by atoms with E-state index in [0.29, 0.717) is 0 Å². The van der Waals surface area contributed by atoms with E-state index in [-0.39, 0.29) is 12.5 Å². The molecule has 1 aromatic rings. The summed E-state index contributed by atoms with van der Waals surface area (Å²) in [6, 6.07) is 7.37.